The molecule has 0 saturated heterocycles. The molecule has 0 aliphatic heterocycles. The molecule has 17 heavy (non-hydrogen) atoms. The molecule has 0 amide bonds. The highest BCUT2D eigenvalue weighted by Gasteiger charge is 2.07. The number of aryl methyl sites for hydroxylation is 1. The predicted octanol–water partition coefficient (Wildman–Crippen LogP) is 1.95. The maximum absolute atomic E-state index is 10.6. The van der Waals surface area contributed by atoms with Gasteiger partial charge >= 0.3 is 0 Å². The molecule has 7 heteroatoms. The summed E-state index contributed by atoms with van der Waals surface area (Å²) in [7, 11) is 0. The minimum absolute atomic E-state index is 0.00498. The molecule has 0 spiro atoms. The van der Waals surface area contributed by atoms with Crippen LogP contribution >= 0.6 is 0 Å². The summed E-state index contributed by atoms with van der Waals surface area (Å²) < 4.78 is 1.75. The Bertz CT molecular complexity index is 537. The number of nitro groups is 1. The van der Waals surface area contributed by atoms with Crippen LogP contribution in [0.4, 0.5) is 17.2 Å². The number of hydrogen-bond acceptors (Lipinski definition) is 5. The van der Waals surface area contributed by atoms with E-state index >= 15 is 0 Å². The molecule has 2 aromatic heterocycles. The van der Waals surface area contributed by atoms with Crippen LogP contribution in [-0.2, 0) is 6.54 Å². The molecule has 0 aromatic carbocycles. The fourth-order valence-corrected chi connectivity index (χ4v) is 1.35. The van der Waals surface area contributed by atoms with E-state index in [0.717, 1.165) is 12.2 Å². The van der Waals surface area contributed by atoms with E-state index in [2.05, 4.69) is 15.4 Å². The molecule has 2 aromatic rings. The van der Waals surface area contributed by atoms with Gasteiger partial charge in [-0.25, -0.2) is 4.98 Å². The average molecular weight is 233 g/mol. The highest BCUT2D eigenvalue weighted by molar-refractivity contribution is 5.56. The first-order valence-corrected chi connectivity index (χ1v) is 5.09. The molecule has 0 unspecified atom stereocenters. The molecule has 0 aliphatic rings. The van der Waals surface area contributed by atoms with Crippen LogP contribution in [0.25, 0.3) is 0 Å². The van der Waals surface area contributed by atoms with Crippen molar-refractivity contribution in [3.63, 3.8) is 0 Å². The molecule has 0 fully saturated rings. The Morgan fingerprint density at radius 3 is 3.06 bits per heavy atom. The summed E-state index contributed by atoms with van der Waals surface area (Å²) in [6.45, 7) is 2.74. The normalized spacial score (nSPS) is 10.2. The van der Waals surface area contributed by atoms with E-state index in [9.17, 15) is 10.1 Å². The molecule has 88 valence electrons. The number of nitrogens with one attached hydrogen (secondary N) is 1. The zero-order valence-corrected chi connectivity index (χ0v) is 9.20. The Labute approximate surface area is 97.2 Å². The smallest absolute Gasteiger partial charge is 0.274 e. The predicted molar refractivity (Wildman–Crippen MR) is 62.1 cm³/mol. The summed E-state index contributed by atoms with van der Waals surface area (Å²) in [5.74, 6) is 0.426. The number of hydrogen-bond donors (Lipinski definition) is 1. The fourth-order valence-electron chi connectivity index (χ4n) is 1.35. The third-order valence-corrected chi connectivity index (χ3v) is 2.18. The summed E-state index contributed by atoms with van der Waals surface area (Å²) in [6, 6.07) is 2.73. The summed E-state index contributed by atoms with van der Waals surface area (Å²) in [5, 5.41) is 17.6. The van der Waals surface area contributed by atoms with Gasteiger partial charge in [-0.15, -0.1) is 0 Å². The molecule has 0 bridgehead atoms. The third-order valence-electron chi connectivity index (χ3n) is 2.18. The maximum atomic E-state index is 10.6. The lowest BCUT2D eigenvalue weighted by Crippen LogP contribution is -1.95. The number of rotatable bonds is 4. The Balaban J connectivity index is 2.18. The van der Waals surface area contributed by atoms with Crippen molar-refractivity contribution < 1.29 is 4.92 Å². The monoisotopic (exact) mass is 233 g/mol. The van der Waals surface area contributed by atoms with Gasteiger partial charge in [0.1, 0.15) is 5.82 Å². The van der Waals surface area contributed by atoms with Crippen LogP contribution in [0.15, 0.2) is 30.7 Å². The fraction of sp³-hybridized carbons (Fsp3) is 0.200. The zero-order chi connectivity index (χ0) is 12.3. The number of anilines is 2. The van der Waals surface area contributed by atoms with Crippen LogP contribution in [-0.4, -0.2) is 19.7 Å². The second-order valence-electron chi connectivity index (χ2n) is 3.37. The summed E-state index contributed by atoms with van der Waals surface area (Å²) in [4.78, 5) is 14.1. The SMILES string of the molecule is CCn1cc(Nc2cc([N+](=O)[O-])ccn2)cn1. The molecule has 0 aliphatic carbocycles. The van der Waals surface area contributed by atoms with Crippen molar-refractivity contribution in [2.24, 2.45) is 0 Å². The number of nitrogens with zero attached hydrogens (tertiary/aromatic N) is 4. The van der Waals surface area contributed by atoms with Crippen LogP contribution in [0, 0.1) is 10.1 Å². The van der Waals surface area contributed by atoms with Gasteiger partial charge in [0.15, 0.2) is 0 Å². The first-order valence-electron chi connectivity index (χ1n) is 5.09. The molecule has 0 atom stereocenters. The molecular formula is C10H11N5O2. The minimum Gasteiger partial charge on any atom is -0.337 e. The molecule has 2 heterocycles. The lowest BCUT2D eigenvalue weighted by atomic mass is 10.4. The van der Waals surface area contributed by atoms with Gasteiger partial charge in [-0.05, 0) is 6.92 Å². The largest absolute Gasteiger partial charge is 0.337 e. The molecule has 0 saturated carbocycles. The van der Waals surface area contributed by atoms with Crippen LogP contribution in [0.5, 0.6) is 0 Å². The minimum atomic E-state index is -0.456. The van der Waals surface area contributed by atoms with E-state index in [-0.39, 0.29) is 5.69 Å². The molecule has 2 rings (SSSR count). The van der Waals surface area contributed by atoms with Crippen LogP contribution in [0.3, 0.4) is 0 Å². The van der Waals surface area contributed by atoms with E-state index in [1.807, 2.05) is 6.92 Å². The summed E-state index contributed by atoms with van der Waals surface area (Å²) >= 11 is 0. The maximum Gasteiger partial charge on any atom is 0.274 e. The average Bonchev–Trinajstić information content (AvgIpc) is 2.77. The topological polar surface area (TPSA) is 85.9 Å². The first kappa shape index (κ1) is 11.1. The van der Waals surface area contributed by atoms with Crippen LogP contribution < -0.4 is 5.32 Å². The lowest BCUT2D eigenvalue weighted by Gasteiger charge is -2.01. The quantitative estimate of drug-likeness (QED) is 0.644. The second kappa shape index (κ2) is 4.60. The van der Waals surface area contributed by atoms with E-state index in [1.54, 1.807) is 17.1 Å². The molecule has 0 radical (unpaired) electrons. The number of pyridine rings is 1. The van der Waals surface area contributed by atoms with Crippen LogP contribution in [0.2, 0.25) is 0 Å². The highest BCUT2D eigenvalue weighted by Crippen LogP contribution is 2.18. The molecule has 1 N–H and O–H groups in total. The molecule has 7 nitrogen and oxygen atoms in total. The van der Waals surface area contributed by atoms with Crippen molar-refractivity contribution in [3.8, 4) is 0 Å². The Morgan fingerprint density at radius 1 is 1.59 bits per heavy atom. The van der Waals surface area contributed by atoms with Crippen molar-refractivity contribution in [2.75, 3.05) is 5.32 Å². The van der Waals surface area contributed by atoms with Gasteiger partial charge in [0.2, 0.25) is 0 Å². The van der Waals surface area contributed by atoms with E-state index in [0.29, 0.717) is 5.82 Å². The van der Waals surface area contributed by atoms with Gasteiger partial charge in [0.25, 0.3) is 5.69 Å². The first-order chi connectivity index (χ1) is 8.19. The van der Waals surface area contributed by atoms with Crippen molar-refractivity contribution >= 4 is 17.2 Å². The Morgan fingerprint density at radius 2 is 2.41 bits per heavy atom. The van der Waals surface area contributed by atoms with Crippen molar-refractivity contribution in [2.45, 2.75) is 13.5 Å². The lowest BCUT2D eigenvalue weighted by molar-refractivity contribution is -0.384. The van der Waals surface area contributed by atoms with E-state index < -0.39 is 4.92 Å². The highest BCUT2D eigenvalue weighted by atomic mass is 16.6. The van der Waals surface area contributed by atoms with Crippen molar-refractivity contribution in [1.82, 2.24) is 14.8 Å². The zero-order valence-electron chi connectivity index (χ0n) is 9.20. The Kier molecular flexibility index (Phi) is 2.99. The van der Waals surface area contributed by atoms with E-state index in [4.69, 9.17) is 0 Å². The standard InChI is InChI=1S/C10H11N5O2/c1-2-14-7-8(6-12-14)13-10-5-9(15(16)17)3-4-11-10/h3-7H,2H2,1H3,(H,11,13). The van der Waals surface area contributed by atoms with E-state index in [1.165, 1.54) is 18.3 Å². The summed E-state index contributed by atoms with van der Waals surface area (Å²) in [5.41, 5.74) is 0.755. The van der Waals surface area contributed by atoms with Gasteiger partial charge in [0.05, 0.1) is 22.9 Å². The van der Waals surface area contributed by atoms with Crippen molar-refractivity contribution in [1.29, 1.82) is 0 Å². The van der Waals surface area contributed by atoms with Crippen LogP contribution in [0.1, 0.15) is 6.92 Å². The van der Waals surface area contributed by atoms with Gasteiger partial charge in [-0.3, -0.25) is 14.8 Å². The molecular weight excluding hydrogens is 222 g/mol. The Hall–Kier alpha value is -2.44. The van der Waals surface area contributed by atoms with Gasteiger partial charge < -0.3 is 5.32 Å². The van der Waals surface area contributed by atoms with Gasteiger partial charge in [-0.2, -0.15) is 5.10 Å². The van der Waals surface area contributed by atoms with Crippen molar-refractivity contribution in [3.05, 3.63) is 40.8 Å². The second-order valence-corrected chi connectivity index (χ2v) is 3.37. The van der Waals surface area contributed by atoms with Gasteiger partial charge in [-0.1, -0.05) is 0 Å². The third kappa shape index (κ3) is 2.57. The van der Waals surface area contributed by atoms with Gasteiger partial charge in [0, 0.05) is 25.0 Å². The number of aromatic nitrogens is 3. The summed E-state index contributed by atoms with van der Waals surface area (Å²) in [6.07, 6.45) is 4.84.